The van der Waals surface area contributed by atoms with Gasteiger partial charge >= 0.3 is 5.97 Å². The van der Waals surface area contributed by atoms with Crippen LogP contribution in [0.3, 0.4) is 0 Å². The molecule has 0 spiro atoms. The highest BCUT2D eigenvalue weighted by molar-refractivity contribution is 8.18. The van der Waals surface area contributed by atoms with Crippen molar-refractivity contribution < 1.29 is 19.4 Å². The normalized spacial score (nSPS) is 15.9. The number of aromatic carboxylic acids is 1. The van der Waals surface area contributed by atoms with Crippen molar-refractivity contribution in [2.75, 3.05) is 6.61 Å². The maximum absolute atomic E-state index is 13.4. The number of rotatable bonds is 7. The Kier molecular flexibility index (Phi) is 6.90. The van der Waals surface area contributed by atoms with Gasteiger partial charge in [0.15, 0.2) is 5.17 Å². The molecule has 3 aromatic carbocycles. The van der Waals surface area contributed by atoms with Crippen LogP contribution in [0.25, 0.3) is 6.08 Å². The molecule has 0 aliphatic carbocycles. The number of nitrogens with zero attached hydrogens (tertiary/aromatic N) is 2. The summed E-state index contributed by atoms with van der Waals surface area (Å²) in [5.41, 5.74) is 2.58. The summed E-state index contributed by atoms with van der Waals surface area (Å²) in [7, 11) is 0. The first-order valence-electron chi connectivity index (χ1n) is 10.4. The van der Waals surface area contributed by atoms with Crippen LogP contribution in [-0.4, -0.2) is 33.7 Å². The van der Waals surface area contributed by atoms with Gasteiger partial charge in [0, 0.05) is 5.56 Å². The van der Waals surface area contributed by atoms with Crippen LogP contribution in [0.1, 0.15) is 28.4 Å². The molecule has 1 aliphatic rings. The number of para-hydroxylation sites is 2. The van der Waals surface area contributed by atoms with Crippen molar-refractivity contribution in [1.29, 1.82) is 0 Å². The van der Waals surface area contributed by atoms with E-state index in [4.69, 9.17) is 14.8 Å². The Morgan fingerprint density at radius 1 is 1.03 bits per heavy atom. The summed E-state index contributed by atoms with van der Waals surface area (Å²) in [6.07, 6.45) is 1.83. The van der Waals surface area contributed by atoms with Crippen LogP contribution >= 0.6 is 11.8 Å². The fourth-order valence-corrected chi connectivity index (χ4v) is 4.30. The van der Waals surface area contributed by atoms with Gasteiger partial charge in [-0.15, -0.1) is 0 Å². The maximum atomic E-state index is 13.4. The highest BCUT2D eigenvalue weighted by Gasteiger charge is 2.33. The molecule has 1 fully saturated rings. The zero-order valence-electron chi connectivity index (χ0n) is 18.0. The van der Waals surface area contributed by atoms with E-state index in [1.807, 2.05) is 67.6 Å². The number of amides is 1. The van der Waals surface area contributed by atoms with Gasteiger partial charge in [-0.05, 0) is 60.7 Å². The first-order chi connectivity index (χ1) is 16.0. The molecule has 33 heavy (non-hydrogen) atoms. The lowest BCUT2D eigenvalue weighted by atomic mass is 10.1. The number of hydrogen-bond acceptors (Lipinski definition) is 5. The van der Waals surface area contributed by atoms with Crippen LogP contribution in [0.4, 0.5) is 5.69 Å². The molecule has 1 heterocycles. The summed E-state index contributed by atoms with van der Waals surface area (Å²) in [5, 5.41) is 9.70. The molecule has 6 nitrogen and oxygen atoms in total. The van der Waals surface area contributed by atoms with Crippen LogP contribution in [0.15, 0.2) is 88.8 Å². The highest BCUT2D eigenvalue weighted by Crippen LogP contribution is 2.36. The molecule has 7 heteroatoms. The van der Waals surface area contributed by atoms with Crippen LogP contribution in [0, 0.1) is 0 Å². The monoisotopic (exact) mass is 458 g/mol. The lowest BCUT2D eigenvalue weighted by Gasteiger charge is -2.16. The number of ether oxygens (including phenoxy) is 1. The highest BCUT2D eigenvalue weighted by atomic mass is 32.2. The third-order valence-electron chi connectivity index (χ3n) is 4.92. The largest absolute Gasteiger partial charge is 0.493 e. The number of carbonyl (C=O) groups excluding carboxylic acids is 1. The van der Waals surface area contributed by atoms with Crippen molar-refractivity contribution in [3.05, 3.63) is 100 Å². The molecule has 0 radical (unpaired) electrons. The van der Waals surface area contributed by atoms with E-state index in [1.165, 1.54) is 23.9 Å². The van der Waals surface area contributed by atoms with Crippen molar-refractivity contribution in [2.45, 2.75) is 13.5 Å². The van der Waals surface area contributed by atoms with Crippen molar-refractivity contribution >= 4 is 40.6 Å². The predicted molar refractivity (Wildman–Crippen MR) is 131 cm³/mol. The third-order valence-corrected chi connectivity index (χ3v) is 5.92. The minimum absolute atomic E-state index is 0.164. The quantitative estimate of drug-likeness (QED) is 0.467. The Balaban J connectivity index is 1.69. The van der Waals surface area contributed by atoms with E-state index in [0.717, 1.165) is 16.8 Å². The fraction of sp³-hybridized carbons (Fsp3) is 0.115. The number of amidine groups is 1. The van der Waals surface area contributed by atoms with E-state index in [2.05, 4.69) is 0 Å². The molecule has 3 aromatic rings. The summed E-state index contributed by atoms with van der Waals surface area (Å²) in [6, 6.07) is 23.5. The first kappa shape index (κ1) is 22.4. The van der Waals surface area contributed by atoms with Crippen LogP contribution in [-0.2, 0) is 11.3 Å². The van der Waals surface area contributed by atoms with Crippen LogP contribution in [0.5, 0.6) is 5.75 Å². The lowest BCUT2D eigenvalue weighted by molar-refractivity contribution is -0.122. The molecular weight excluding hydrogens is 436 g/mol. The molecule has 166 valence electrons. The Hall–Kier alpha value is -3.84. The molecule has 1 amide bonds. The Labute approximate surface area is 196 Å². The van der Waals surface area contributed by atoms with Gasteiger partial charge in [-0.3, -0.25) is 9.69 Å². The first-order valence-corrected chi connectivity index (χ1v) is 11.3. The molecule has 0 aromatic heterocycles. The summed E-state index contributed by atoms with van der Waals surface area (Å²) < 4.78 is 5.70. The van der Waals surface area contributed by atoms with Crippen molar-refractivity contribution in [1.82, 2.24) is 4.90 Å². The Bertz CT molecular complexity index is 1220. The van der Waals surface area contributed by atoms with Gasteiger partial charge in [-0.25, -0.2) is 9.79 Å². The number of carboxylic acids is 1. The third kappa shape index (κ3) is 5.32. The number of carboxylic acid groups (broad SMARTS) is 1. The number of carbonyl (C=O) groups is 2. The second-order valence-corrected chi connectivity index (χ2v) is 8.21. The Morgan fingerprint density at radius 3 is 2.42 bits per heavy atom. The molecule has 1 saturated heterocycles. The van der Waals surface area contributed by atoms with E-state index in [-0.39, 0.29) is 18.0 Å². The zero-order valence-corrected chi connectivity index (χ0v) is 18.8. The number of thioether (sulfide) groups is 1. The lowest BCUT2D eigenvalue weighted by Crippen LogP contribution is -2.28. The summed E-state index contributed by atoms with van der Waals surface area (Å²) >= 11 is 1.31. The van der Waals surface area contributed by atoms with Gasteiger partial charge in [0.2, 0.25) is 0 Å². The molecular formula is C26H22N2O4S. The van der Waals surface area contributed by atoms with Crippen LogP contribution < -0.4 is 4.74 Å². The smallest absolute Gasteiger partial charge is 0.335 e. The van der Waals surface area contributed by atoms with Crippen molar-refractivity contribution in [2.24, 2.45) is 4.99 Å². The molecule has 0 bridgehead atoms. The van der Waals surface area contributed by atoms with Gasteiger partial charge < -0.3 is 9.84 Å². The van der Waals surface area contributed by atoms with Gasteiger partial charge in [0.25, 0.3) is 5.91 Å². The summed E-state index contributed by atoms with van der Waals surface area (Å²) in [6.45, 7) is 2.73. The number of aliphatic imine (C=N–C) groups is 1. The van der Waals surface area contributed by atoms with E-state index in [0.29, 0.717) is 22.4 Å². The van der Waals surface area contributed by atoms with Crippen LogP contribution in [0.2, 0.25) is 0 Å². The SMILES string of the molecule is CCOc1ccccc1/C=C1\SC(=Nc2ccccc2)N(Cc2ccc(C(=O)O)cc2)C1=O. The van der Waals surface area contributed by atoms with Crippen molar-refractivity contribution in [3.8, 4) is 5.75 Å². The van der Waals surface area contributed by atoms with Gasteiger partial charge in [-0.2, -0.15) is 0 Å². The summed E-state index contributed by atoms with van der Waals surface area (Å²) in [4.78, 5) is 31.4. The molecule has 0 atom stereocenters. The van der Waals surface area contributed by atoms with E-state index in [1.54, 1.807) is 17.0 Å². The molecule has 0 saturated carbocycles. The average molecular weight is 459 g/mol. The number of benzene rings is 3. The van der Waals surface area contributed by atoms with E-state index >= 15 is 0 Å². The fourth-order valence-electron chi connectivity index (χ4n) is 3.31. The number of hydrogen-bond donors (Lipinski definition) is 1. The predicted octanol–water partition coefficient (Wildman–Crippen LogP) is 5.59. The second kappa shape index (κ2) is 10.2. The van der Waals surface area contributed by atoms with Crippen molar-refractivity contribution in [3.63, 3.8) is 0 Å². The molecule has 4 rings (SSSR count). The topological polar surface area (TPSA) is 79.2 Å². The maximum Gasteiger partial charge on any atom is 0.335 e. The zero-order chi connectivity index (χ0) is 23.2. The van der Waals surface area contributed by atoms with Gasteiger partial charge in [0.1, 0.15) is 5.75 Å². The van der Waals surface area contributed by atoms with Gasteiger partial charge in [0.05, 0.1) is 29.3 Å². The minimum Gasteiger partial charge on any atom is -0.493 e. The van der Waals surface area contributed by atoms with E-state index < -0.39 is 5.97 Å². The second-order valence-electron chi connectivity index (χ2n) is 7.20. The van der Waals surface area contributed by atoms with Gasteiger partial charge in [-0.1, -0.05) is 48.5 Å². The summed E-state index contributed by atoms with van der Waals surface area (Å²) in [5.74, 6) is -0.438. The Morgan fingerprint density at radius 2 is 1.73 bits per heavy atom. The minimum atomic E-state index is -0.987. The molecule has 1 N–H and O–H groups in total. The average Bonchev–Trinajstić information content (AvgIpc) is 3.10. The molecule has 1 aliphatic heterocycles. The molecule has 0 unspecified atom stereocenters. The standard InChI is InChI=1S/C26H22N2O4S/c1-2-32-22-11-7-6-8-20(22)16-23-24(29)28(17-18-12-14-19(15-13-18)25(30)31)26(33-23)27-21-9-4-3-5-10-21/h3-16H,2,17H2,1H3,(H,30,31)/b23-16-,27-26?. The van der Waals surface area contributed by atoms with E-state index in [9.17, 15) is 9.59 Å².